The molecule has 6 aromatic heterocycles. The quantitative estimate of drug-likeness (QED) is 0.0858. The number of anilines is 1. The Balaban J connectivity index is 0.000000143. The second-order valence-corrected chi connectivity index (χ2v) is 24.4. The minimum absolute atomic E-state index is 0.166. The number of aromatic amines is 1. The molecule has 9 aromatic rings. The zero-order chi connectivity index (χ0) is 59.8. The van der Waals surface area contributed by atoms with E-state index in [4.69, 9.17) is 57.1 Å². The van der Waals surface area contributed by atoms with E-state index in [1.54, 1.807) is 6.07 Å². The minimum atomic E-state index is -0.636. The molecule has 0 bridgehead atoms. The normalized spacial score (nSPS) is 17.0. The first kappa shape index (κ1) is 61.2. The number of nitrogens with one attached hydrogen (secondary N) is 2. The number of hydrogen-bond acceptors (Lipinski definition) is 16. The standard InChI is InChI=1S/C23H29N5O2.C22H25ClN4O3.C18H17BrClN3O2/c29-19-8-6-17(7-9-19)24-22-20-14-18(15-28-10-12-30-13-11-28)25-23(20)27-21(26-22)16-4-2-1-3-5-16;1-22(2,3)30-21(28)27-16(14-26-9-11-29-12-10-26)13-17-18(23)24-19(25-20(17)27)15-7-5-4-6-8-15;1-18(2,3)25-17(24)23-12(10-19)9-13-14(20)21-15(22-16(13)23)11-7-5-4-6-8-11/h1-5,14,17,19,29H,6-13,15H2,(H2,24,25,26,27);4-8,13H,9-12,14H2,1-3H3;4-9H,10H2,1-3H3. The number of hydrogen-bond donors (Lipinski definition) is 3. The number of rotatable bonds is 10. The van der Waals surface area contributed by atoms with Gasteiger partial charge < -0.3 is 34.4 Å². The monoisotopic (exact) mass is 1260 g/mol. The van der Waals surface area contributed by atoms with Crippen LogP contribution in [-0.2, 0) is 37.4 Å². The molecule has 2 saturated heterocycles. The number of halogens is 3. The number of aliphatic hydroxyl groups excluding tert-OH is 1. The van der Waals surface area contributed by atoms with Crippen LogP contribution in [-0.4, -0.2) is 147 Å². The summed E-state index contributed by atoms with van der Waals surface area (Å²) >= 11 is 16.3. The van der Waals surface area contributed by atoms with E-state index in [-0.39, 0.29) is 6.10 Å². The molecule has 12 rings (SSSR count). The van der Waals surface area contributed by atoms with Gasteiger partial charge in [-0.25, -0.2) is 48.6 Å². The van der Waals surface area contributed by atoms with Crippen LogP contribution in [0.2, 0.25) is 10.3 Å². The topological polar surface area (TPSA) is 213 Å². The van der Waals surface area contributed by atoms with Gasteiger partial charge in [0.2, 0.25) is 0 Å². The van der Waals surface area contributed by atoms with Crippen LogP contribution in [0.5, 0.6) is 0 Å². The van der Waals surface area contributed by atoms with Gasteiger partial charge in [0, 0.05) is 84.4 Å². The number of aromatic nitrogens is 9. The first-order valence-corrected chi connectivity index (χ1v) is 30.5. The smallest absolute Gasteiger partial charge is 0.420 e. The highest BCUT2D eigenvalue weighted by molar-refractivity contribution is 9.08. The van der Waals surface area contributed by atoms with Crippen molar-refractivity contribution in [2.45, 2.75) is 109 Å². The second kappa shape index (κ2) is 27.2. The molecule has 3 aliphatic rings. The third kappa shape index (κ3) is 15.6. The van der Waals surface area contributed by atoms with Crippen LogP contribution in [0.4, 0.5) is 15.4 Å². The molecule has 0 atom stereocenters. The molecule has 8 heterocycles. The fourth-order valence-corrected chi connectivity index (χ4v) is 11.1. The van der Waals surface area contributed by atoms with Crippen LogP contribution >= 0.6 is 39.1 Å². The molecule has 1 saturated carbocycles. The summed E-state index contributed by atoms with van der Waals surface area (Å²) in [5.74, 6) is 2.53. The highest BCUT2D eigenvalue weighted by Crippen LogP contribution is 2.33. The first-order chi connectivity index (χ1) is 40.9. The van der Waals surface area contributed by atoms with E-state index in [0.29, 0.717) is 80.8 Å². The van der Waals surface area contributed by atoms with E-state index in [9.17, 15) is 14.7 Å². The van der Waals surface area contributed by atoms with E-state index in [2.05, 4.69) is 57.0 Å². The maximum Gasteiger partial charge on any atom is 0.420 e. The fraction of sp³-hybridized carbons (Fsp3) is 0.397. The fourth-order valence-electron chi connectivity index (χ4n) is 10.2. The molecule has 0 unspecified atom stereocenters. The van der Waals surface area contributed by atoms with Gasteiger partial charge in [-0.15, -0.1) is 0 Å². The van der Waals surface area contributed by atoms with Crippen molar-refractivity contribution in [3.63, 3.8) is 0 Å². The molecule has 3 fully saturated rings. The molecule has 1 aliphatic carbocycles. The predicted octanol–water partition coefficient (Wildman–Crippen LogP) is 13.0. The lowest BCUT2D eigenvalue weighted by Crippen LogP contribution is -2.37. The Morgan fingerprint density at radius 3 is 1.49 bits per heavy atom. The summed E-state index contributed by atoms with van der Waals surface area (Å²) in [4.78, 5) is 61.8. The number of carbonyl (C=O) groups excluding carboxylic acids is 2. The van der Waals surface area contributed by atoms with Gasteiger partial charge in [-0.1, -0.05) is 130 Å². The molecule has 0 spiro atoms. The van der Waals surface area contributed by atoms with Crippen molar-refractivity contribution in [2.75, 3.05) is 57.9 Å². The van der Waals surface area contributed by atoms with E-state index >= 15 is 0 Å². The lowest BCUT2D eigenvalue weighted by Gasteiger charge is -2.27. The molecule has 446 valence electrons. The Morgan fingerprint density at radius 1 is 0.600 bits per heavy atom. The number of aliphatic hydroxyl groups is 1. The summed E-state index contributed by atoms with van der Waals surface area (Å²) in [6, 6.07) is 35.3. The maximum absolute atomic E-state index is 13.2. The molecular formula is C63H71BrCl2N12O7. The number of alkyl halides is 1. The number of ether oxygens (including phenoxy) is 4. The summed E-state index contributed by atoms with van der Waals surface area (Å²) in [6.07, 6.45) is 2.46. The minimum Gasteiger partial charge on any atom is -0.443 e. The van der Waals surface area contributed by atoms with Crippen molar-refractivity contribution < 1.29 is 33.6 Å². The third-order valence-electron chi connectivity index (χ3n) is 14.3. The van der Waals surface area contributed by atoms with Crippen LogP contribution in [0, 0.1) is 0 Å². The molecule has 85 heavy (non-hydrogen) atoms. The average Bonchev–Trinajstić information content (AvgIpc) is 1.97. The Bertz CT molecular complexity index is 3740. The van der Waals surface area contributed by atoms with Crippen LogP contribution in [0.1, 0.15) is 84.3 Å². The molecular weight excluding hydrogens is 1190 g/mol. The Hall–Kier alpha value is -6.88. The van der Waals surface area contributed by atoms with Gasteiger partial charge in [0.25, 0.3) is 0 Å². The molecule has 3 N–H and O–H groups in total. The van der Waals surface area contributed by atoms with Crippen LogP contribution in [0.25, 0.3) is 67.3 Å². The Labute approximate surface area is 512 Å². The maximum atomic E-state index is 13.2. The Morgan fingerprint density at radius 2 is 1.04 bits per heavy atom. The second-order valence-electron chi connectivity index (χ2n) is 23.2. The lowest BCUT2D eigenvalue weighted by atomic mass is 9.93. The van der Waals surface area contributed by atoms with Gasteiger partial charge in [0.1, 0.15) is 33.0 Å². The Kier molecular flexibility index (Phi) is 19.6. The summed E-state index contributed by atoms with van der Waals surface area (Å²) in [5, 5.41) is 16.8. The summed E-state index contributed by atoms with van der Waals surface area (Å²) in [6.45, 7) is 18.8. The zero-order valence-corrected chi connectivity index (χ0v) is 51.8. The van der Waals surface area contributed by atoms with Gasteiger partial charge in [-0.3, -0.25) is 9.80 Å². The first-order valence-electron chi connectivity index (χ1n) is 28.7. The van der Waals surface area contributed by atoms with Crippen LogP contribution < -0.4 is 5.32 Å². The van der Waals surface area contributed by atoms with Crippen molar-refractivity contribution in [3.8, 4) is 34.2 Å². The van der Waals surface area contributed by atoms with Crippen molar-refractivity contribution in [3.05, 3.63) is 137 Å². The molecule has 22 heteroatoms. The third-order valence-corrected chi connectivity index (χ3v) is 15.5. The number of benzene rings is 3. The van der Waals surface area contributed by atoms with Crippen molar-refractivity contribution >= 4 is 90.2 Å². The van der Waals surface area contributed by atoms with Gasteiger partial charge >= 0.3 is 12.2 Å². The molecule has 3 aromatic carbocycles. The number of morpholine rings is 2. The highest BCUT2D eigenvalue weighted by Gasteiger charge is 2.29. The molecule has 0 radical (unpaired) electrons. The van der Waals surface area contributed by atoms with E-state index in [0.717, 1.165) is 122 Å². The number of nitrogens with zero attached hydrogens (tertiary/aromatic N) is 10. The summed E-state index contributed by atoms with van der Waals surface area (Å²) < 4.78 is 25.1. The number of carbonyl (C=O) groups is 2. The van der Waals surface area contributed by atoms with E-state index in [1.807, 2.05) is 139 Å². The van der Waals surface area contributed by atoms with Crippen molar-refractivity contribution in [1.29, 1.82) is 0 Å². The molecule has 0 amide bonds. The zero-order valence-electron chi connectivity index (χ0n) is 48.7. The van der Waals surface area contributed by atoms with Crippen LogP contribution in [0.15, 0.2) is 109 Å². The molecule has 19 nitrogen and oxygen atoms in total. The largest absolute Gasteiger partial charge is 0.443 e. The van der Waals surface area contributed by atoms with Crippen LogP contribution in [0.3, 0.4) is 0 Å². The van der Waals surface area contributed by atoms with Gasteiger partial charge in [0.05, 0.1) is 48.7 Å². The highest BCUT2D eigenvalue weighted by atomic mass is 79.9. The lowest BCUT2D eigenvalue weighted by molar-refractivity contribution is 0.0321. The summed E-state index contributed by atoms with van der Waals surface area (Å²) in [7, 11) is 0. The van der Waals surface area contributed by atoms with Gasteiger partial charge in [-0.05, 0) is 85.4 Å². The van der Waals surface area contributed by atoms with E-state index < -0.39 is 23.4 Å². The average molecular weight is 1260 g/mol. The summed E-state index contributed by atoms with van der Waals surface area (Å²) in [5.41, 5.74) is 5.77. The SMILES string of the molecule is CC(C)(C)OC(=O)n1c(CBr)cc2c(Cl)nc(-c3ccccc3)nc21.CC(C)(C)OC(=O)n1c(CN2CCOCC2)cc2c(Cl)nc(-c3ccccc3)nc21.OC1CCC(Nc2nc(-c3ccccc3)nc3[nH]c(CN4CCOCC4)cc23)CC1. The van der Waals surface area contributed by atoms with E-state index in [1.165, 1.54) is 9.13 Å². The number of H-pyrrole nitrogens is 1. The molecule has 2 aliphatic heterocycles. The van der Waals surface area contributed by atoms with Crippen molar-refractivity contribution in [2.24, 2.45) is 0 Å². The number of fused-ring (bicyclic) bond motifs is 3. The van der Waals surface area contributed by atoms with Gasteiger partial charge in [-0.2, -0.15) is 0 Å². The van der Waals surface area contributed by atoms with Gasteiger partial charge in [0.15, 0.2) is 28.8 Å². The predicted molar refractivity (Wildman–Crippen MR) is 335 cm³/mol. The van der Waals surface area contributed by atoms with Crippen molar-refractivity contribution in [1.82, 2.24) is 53.8 Å².